The van der Waals surface area contributed by atoms with E-state index in [0.29, 0.717) is 23.7 Å². The number of hydrogen-bond donors (Lipinski definition) is 3. The first-order valence-electron chi connectivity index (χ1n) is 10.8. The van der Waals surface area contributed by atoms with Crippen molar-refractivity contribution in [2.24, 2.45) is 0 Å². The quantitative estimate of drug-likeness (QED) is 0.339. The Morgan fingerprint density at radius 3 is 2.18 bits per heavy atom. The average Bonchev–Trinajstić information content (AvgIpc) is 2.82. The van der Waals surface area contributed by atoms with Gasteiger partial charge in [0.2, 0.25) is 0 Å². The van der Waals surface area contributed by atoms with Crippen molar-refractivity contribution in [2.45, 2.75) is 20.3 Å². The van der Waals surface area contributed by atoms with Crippen LogP contribution in [0.3, 0.4) is 0 Å². The lowest BCUT2D eigenvalue weighted by Gasteiger charge is -2.12. The first kappa shape index (κ1) is 24.7. The van der Waals surface area contributed by atoms with E-state index in [-0.39, 0.29) is 11.7 Å². The maximum absolute atomic E-state index is 12.4. The van der Waals surface area contributed by atoms with Gasteiger partial charge < -0.3 is 9.47 Å². The molecule has 8 heteroatoms. The maximum atomic E-state index is 12.4. The summed E-state index contributed by atoms with van der Waals surface area (Å²) in [4.78, 5) is 24.3. The highest BCUT2D eigenvalue weighted by Crippen LogP contribution is 2.16. The summed E-state index contributed by atoms with van der Waals surface area (Å²) in [5.74, 6) is 0.433. The second-order valence-electron chi connectivity index (χ2n) is 7.68. The third-order valence-corrected chi connectivity index (χ3v) is 4.93. The van der Waals surface area contributed by atoms with Gasteiger partial charge in [0.1, 0.15) is 11.5 Å². The molecule has 0 saturated carbocycles. The second kappa shape index (κ2) is 12.4. The molecule has 0 aliphatic carbocycles. The fourth-order valence-corrected chi connectivity index (χ4v) is 3.31. The van der Waals surface area contributed by atoms with Crippen molar-refractivity contribution in [3.63, 3.8) is 0 Å². The molecule has 2 amide bonds. The van der Waals surface area contributed by atoms with Crippen LogP contribution in [0.1, 0.15) is 27.0 Å². The number of benzene rings is 3. The topological polar surface area (TPSA) is 88.7 Å². The van der Waals surface area contributed by atoms with E-state index in [9.17, 15) is 9.59 Å². The number of rotatable bonds is 8. The molecule has 3 aromatic carbocycles. The predicted octanol–water partition coefficient (Wildman–Crippen LogP) is 3.64. The third kappa shape index (κ3) is 8.22. The second-order valence-corrected chi connectivity index (χ2v) is 8.09. The van der Waals surface area contributed by atoms with Crippen molar-refractivity contribution in [3.8, 4) is 11.5 Å². The minimum atomic E-state index is -0.437. The van der Waals surface area contributed by atoms with E-state index in [2.05, 4.69) is 16.2 Å². The number of hydrogen-bond acceptors (Lipinski definition) is 5. The molecule has 0 aliphatic heterocycles. The molecule has 3 aromatic rings. The van der Waals surface area contributed by atoms with Crippen molar-refractivity contribution >= 4 is 29.1 Å². The molecule has 0 heterocycles. The van der Waals surface area contributed by atoms with E-state index >= 15 is 0 Å². The molecule has 3 rings (SSSR count). The molecule has 0 fully saturated rings. The normalized spacial score (nSPS) is 10.2. The number of amides is 2. The standard InChI is InChI=1S/C26H27N3O4S/c1-18-14-19(2)16-23(15-18)33-17-24(30)28-29-26(34)27-25(31)21-8-10-22(11-9-21)32-13-12-20-6-4-3-5-7-20/h3-11,14-16H,12-13,17H2,1-2H3,(H,28,30)(H2,27,29,31,34). The monoisotopic (exact) mass is 477 g/mol. The van der Waals surface area contributed by atoms with Gasteiger partial charge in [0.15, 0.2) is 11.7 Å². The first-order valence-corrected chi connectivity index (χ1v) is 11.2. The predicted molar refractivity (Wildman–Crippen MR) is 135 cm³/mol. The summed E-state index contributed by atoms with van der Waals surface area (Å²) in [6, 6.07) is 22.5. The summed E-state index contributed by atoms with van der Waals surface area (Å²) in [6.07, 6.45) is 0.796. The molecule has 0 saturated heterocycles. The molecule has 0 bridgehead atoms. The lowest BCUT2D eigenvalue weighted by atomic mass is 10.1. The summed E-state index contributed by atoms with van der Waals surface area (Å²) in [5.41, 5.74) is 8.58. The summed E-state index contributed by atoms with van der Waals surface area (Å²) in [6.45, 7) is 4.25. The Labute approximate surface area is 204 Å². The van der Waals surface area contributed by atoms with Gasteiger partial charge in [-0.2, -0.15) is 0 Å². The van der Waals surface area contributed by atoms with Crippen LogP contribution in [0.2, 0.25) is 0 Å². The lowest BCUT2D eigenvalue weighted by Crippen LogP contribution is -2.49. The van der Waals surface area contributed by atoms with Gasteiger partial charge in [0.25, 0.3) is 11.8 Å². The molecule has 0 aliphatic rings. The molecular formula is C26H27N3O4S. The summed E-state index contributed by atoms with van der Waals surface area (Å²) in [5, 5.41) is 2.48. The van der Waals surface area contributed by atoms with Crippen LogP contribution in [0, 0.1) is 13.8 Å². The number of aryl methyl sites for hydroxylation is 2. The van der Waals surface area contributed by atoms with Crippen LogP contribution >= 0.6 is 12.2 Å². The Balaban J connectivity index is 1.37. The summed E-state index contributed by atoms with van der Waals surface area (Å²) < 4.78 is 11.2. The van der Waals surface area contributed by atoms with E-state index in [0.717, 1.165) is 17.5 Å². The first-order chi connectivity index (χ1) is 16.4. The number of nitrogens with one attached hydrogen (secondary N) is 3. The average molecular weight is 478 g/mol. The Morgan fingerprint density at radius 2 is 1.50 bits per heavy atom. The molecule has 0 atom stereocenters. The Kier molecular flexibility index (Phi) is 8.99. The number of thiocarbonyl (C=S) groups is 1. The summed E-state index contributed by atoms with van der Waals surface area (Å²) in [7, 11) is 0. The van der Waals surface area contributed by atoms with Gasteiger partial charge >= 0.3 is 0 Å². The van der Waals surface area contributed by atoms with Crippen molar-refractivity contribution in [2.75, 3.05) is 13.2 Å². The lowest BCUT2D eigenvalue weighted by molar-refractivity contribution is -0.123. The molecule has 0 radical (unpaired) electrons. The van der Waals surface area contributed by atoms with E-state index < -0.39 is 11.8 Å². The van der Waals surface area contributed by atoms with Gasteiger partial charge in [-0.1, -0.05) is 36.4 Å². The zero-order chi connectivity index (χ0) is 24.3. The Bertz CT molecular complexity index is 1110. The van der Waals surface area contributed by atoms with Crippen LogP contribution in [0.25, 0.3) is 0 Å². The van der Waals surface area contributed by atoms with Crippen molar-refractivity contribution in [1.82, 2.24) is 16.2 Å². The van der Waals surface area contributed by atoms with Crippen molar-refractivity contribution in [1.29, 1.82) is 0 Å². The Morgan fingerprint density at radius 1 is 0.824 bits per heavy atom. The maximum Gasteiger partial charge on any atom is 0.276 e. The van der Waals surface area contributed by atoms with Gasteiger partial charge in [-0.15, -0.1) is 0 Å². The van der Waals surface area contributed by atoms with Crippen molar-refractivity contribution < 1.29 is 19.1 Å². The van der Waals surface area contributed by atoms with E-state index in [1.165, 1.54) is 5.56 Å². The van der Waals surface area contributed by atoms with Crippen LogP contribution in [0.5, 0.6) is 11.5 Å². The molecular weight excluding hydrogens is 450 g/mol. The van der Waals surface area contributed by atoms with Gasteiger partial charge in [-0.05, 0) is 79.2 Å². The fourth-order valence-electron chi connectivity index (χ4n) is 3.17. The highest BCUT2D eigenvalue weighted by molar-refractivity contribution is 7.80. The largest absolute Gasteiger partial charge is 0.493 e. The highest BCUT2D eigenvalue weighted by atomic mass is 32.1. The van der Waals surface area contributed by atoms with E-state index in [1.54, 1.807) is 24.3 Å². The van der Waals surface area contributed by atoms with Crippen LogP contribution in [-0.2, 0) is 11.2 Å². The number of carbonyl (C=O) groups is 2. The minimum absolute atomic E-state index is 0.0343. The fraction of sp³-hybridized carbons (Fsp3) is 0.192. The minimum Gasteiger partial charge on any atom is -0.493 e. The van der Waals surface area contributed by atoms with Crippen LogP contribution in [0.4, 0.5) is 0 Å². The zero-order valence-corrected chi connectivity index (χ0v) is 19.9. The molecule has 34 heavy (non-hydrogen) atoms. The molecule has 0 unspecified atom stereocenters. The van der Waals surface area contributed by atoms with Crippen LogP contribution in [-0.4, -0.2) is 30.1 Å². The SMILES string of the molecule is Cc1cc(C)cc(OCC(=O)NNC(=S)NC(=O)c2ccc(OCCc3ccccc3)cc2)c1. The number of carbonyl (C=O) groups excluding carboxylic acids is 2. The third-order valence-electron chi connectivity index (χ3n) is 4.73. The van der Waals surface area contributed by atoms with Gasteiger partial charge in [-0.25, -0.2) is 0 Å². The highest BCUT2D eigenvalue weighted by Gasteiger charge is 2.10. The van der Waals surface area contributed by atoms with Crippen molar-refractivity contribution in [3.05, 3.63) is 95.1 Å². The molecule has 176 valence electrons. The molecule has 3 N–H and O–H groups in total. The van der Waals surface area contributed by atoms with Gasteiger partial charge in [0.05, 0.1) is 6.61 Å². The zero-order valence-electron chi connectivity index (χ0n) is 19.1. The number of ether oxygens (including phenoxy) is 2. The molecule has 0 spiro atoms. The molecule has 0 aromatic heterocycles. The molecule has 7 nitrogen and oxygen atoms in total. The Hall–Kier alpha value is -3.91. The summed E-state index contributed by atoms with van der Waals surface area (Å²) >= 11 is 5.07. The smallest absolute Gasteiger partial charge is 0.276 e. The van der Waals surface area contributed by atoms with E-state index in [1.807, 2.05) is 62.4 Å². The van der Waals surface area contributed by atoms with Gasteiger partial charge in [0, 0.05) is 12.0 Å². The van der Waals surface area contributed by atoms with Crippen LogP contribution < -0.4 is 25.6 Å². The number of hydrazine groups is 1. The van der Waals surface area contributed by atoms with E-state index in [4.69, 9.17) is 21.7 Å². The van der Waals surface area contributed by atoms with Gasteiger partial charge in [-0.3, -0.25) is 25.8 Å². The van der Waals surface area contributed by atoms with Crippen LogP contribution in [0.15, 0.2) is 72.8 Å².